The van der Waals surface area contributed by atoms with Crippen LogP contribution in [-0.4, -0.2) is 34.8 Å². The van der Waals surface area contributed by atoms with E-state index in [-0.39, 0.29) is 11.3 Å². The summed E-state index contributed by atoms with van der Waals surface area (Å²) in [4.78, 5) is 21.4. The number of nitrogens with one attached hydrogen (secondary N) is 1. The first-order chi connectivity index (χ1) is 9.28. The van der Waals surface area contributed by atoms with Crippen LogP contribution in [0.25, 0.3) is 0 Å². The summed E-state index contributed by atoms with van der Waals surface area (Å²) in [6, 6.07) is 4.15. The van der Waals surface area contributed by atoms with E-state index in [4.69, 9.17) is 9.84 Å². The molecule has 7 nitrogen and oxygen atoms in total. The molecule has 0 unspecified atom stereocenters. The third-order valence-corrected chi connectivity index (χ3v) is 2.69. The highest BCUT2D eigenvalue weighted by atomic mass is 16.6. The van der Waals surface area contributed by atoms with Crippen molar-refractivity contribution >= 4 is 17.3 Å². The van der Waals surface area contributed by atoms with E-state index in [9.17, 15) is 14.9 Å². The first kappa shape index (κ1) is 15.9. The number of nitro benzene ring substituents is 1. The standard InChI is InChI=1S/C13H18N2O5/c1-4-20-13(2,3)8-14-10-7-5-6-9(12(16)17)11(10)15(18)19/h5-7,14H,4,8H2,1-3H3,(H,16,17). The van der Waals surface area contributed by atoms with Gasteiger partial charge < -0.3 is 15.2 Å². The quantitative estimate of drug-likeness (QED) is 0.588. The lowest BCUT2D eigenvalue weighted by molar-refractivity contribution is -0.384. The number of nitrogens with zero attached hydrogens (tertiary/aromatic N) is 1. The Kier molecular flexibility index (Phi) is 5.04. The zero-order valence-corrected chi connectivity index (χ0v) is 11.7. The predicted octanol–water partition coefficient (Wildman–Crippen LogP) is 2.52. The van der Waals surface area contributed by atoms with Gasteiger partial charge in [0.05, 0.1) is 10.5 Å². The number of ether oxygens (including phenoxy) is 1. The van der Waals surface area contributed by atoms with E-state index >= 15 is 0 Å². The average Bonchev–Trinajstić information content (AvgIpc) is 2.35. The van der Waals surface area contributed by atoms with E-state index in [0.717, 1.165) is 0 Å². The second kappa shape index (κ2) is 6.33. The number of anilines is 1. The van der Waals surface area contributed by atoms with Crippen LogP contribution < -0.4 is 5.32 Å². The Bertz CT molecular complexity index is 513. The minimum absolute atomic E-state index is 0.169. The monoisotopic (exact) mass is 282 g/mol. The van der Waals surface area contributed by atoms with Crippen LogP contribution in [0.1, 0.15) is 31.1 Å². The maximum Gasteiger partial charge on any atom is 0.342 e. The molecule has 1 rings (SSSR count). The molecule has 0 bridgehead atoms. The van der Waals surface area contributed by atoms with E-state index in [1.807, 2.05) is 20.8 Å². The summed E-state index contributed by atoms with van der Waals surface area (Å²) in [5.41, 5.74) is -1.12. The van der Waals surface area contributed by atoms with Crippen LogP contribution in [0.5, 0.6) is 0 Å². The smallest absolute Gasteiger partial charge is 0.342 e. The first-order valence-corrected chi connectivity index (χ1v) is 6.17. The van der Waals surface area contributed by atoms with Gasteiger partial charge in [-0.05, 0) is 32.9 Å². The molecule has 0 aromatic heterocycles. The number of aromatic carboxylic acids is 1. The molecule has 0 amide bonds. The van der Waals surface area contributed by atoms with Gasteiger partial charge in [0.2, 0.25) is 0 Å². The number of hydrogen-bond acceptors (Lipinski definition) is 5. The minimum Gasteiger partial charge on any atom is -0.477 e. The number of para-hydroxylation sites is 1. The van der Waals surface area contributed by atoms with Gasteiger partial charge >= 0.3 is 11.7 Å². The Balaban J connectivity index is 3.04. The molecule has 0 saturated carbocycles. The van der Waals surface area contributed by atoms with Crippen LogP contribution in [0.3, 0.4) is 0 Å². The maximum absolute atomic E-state index is 11.1. The number of carbonyl (C=O) groups is 1. The highest BCUT2D eigenvalue weighted by molar-refractivity contribution is 5.95. The summed E-state index contributed by atoms with van der Waals surface area (Å²) < 4.78 is 5.48. The fourth-order valence-electron chi connectivity index (χ4n) is 1.81. The molecule has 110 valence electrons. The van der Waals surface area contributed by atoms with Gasteiger partial charge in [0.25, 0.3) is 0 Å². The summed E-state index contributed by atoms with van der Waals surface area (Å²) in [6.45, 7) is 6.39. The zero-order valence-electron chi connectivity index (χ0n) is 11.7. The van der Waals surface area contributed by atoms with Crippen molar-refractivity contribution < 1.29 is 19.6 Å². The zero-order chi connectivity index (χ0) is 15.3. The molecule has 0 heterocycles. The van der Waals surface area contributed by atoms with Crippen LogP contribution >= 0.6 is 0 Å². The second-order valence-corrected chi connectivity index (χ2v) is 4.81. The molecule has 0 aliphatic heterocycles. The Morgan fingerprint density at radius 2 is 2.15 bits per heavy atom. The van der Waals surface area contributed by atoms with Gasteiger partial charge in [-0.1, -0.05) is 6.07 Å². The predicted molar refractivity (Wildman–Crippen MR) is 74.3 cm³/mol. The van der Waals surface area contributed by atoms with Crippen LogP contribution in [0.2, 0.25) is 0 Å². The van der Waals surface area contributed by atoms with Crippen LogP contribution in [0, 0.1) is 10.1 Å². The topological polar surface area (TPSA) is 102 Å². The van der Waals surface area contributed by atoms with Crippen molar-refractivity contribution in [1.29, 1.82) is 0 Å². The Hall–Kier alpha value is -2.15. The summed E-state index contributed by atoms with van der Waals surface area (Å²) in [6.07, 6.45) is 0. The molecule has 7 heteroatoms. The molecule has 0 saturated heterocycles. The van der Waals surface area contributed by atoms with E-state index < -0.39 is 22.2 Å². The van der Waals surface area contributed by atoms with Gasteiger partial charge in [0.15, 0.2) is 0 Å². The molecular formula is C13H18N2O5. The Morgan fingerprint density at radius 1 is 1.50 bits per heavy atom. The van der Waals surface area contributed by atoms with Crippen LogP contribution in [0.15, 0.2) is 18.2 Å². The van der Waals surface area contributed by atoms with Crippen molar-refractivity contribution in [3.63, 3.8) is 0 Å². The van der Waals surface area contributed by atoms with Gasteiger partial charge in [-0.15, -0.1) is 0 Å². The molecular weight excluding hydrogens is 264 g/mol. The summed E-state index contributed by atoms with van der Waals surface area (Å²) >= 11 is 0. The average molecular weight is 282 g/mol. The molecule has 1 aromatic rings. The molecule has 2 N–H and O–H groups in total. The fourth-order valence-corrected chi connectivity index (χ4v) is 1.81. The molecule has 20 heavy (non-hydrogen) atoms. The summed E-state index contributed by atoms with van der Waals surface area (Å²) in [7, 11) is 0. The lowest BCUT2D eigenvalue weighted by Gasteiger charge is -2.25. The van der Waals surface area contributed by atoms with Gasteiger partial charge in [-0.3, -0.25) is 10.1 Å². The minimum atomic E-state index is -1.33. The number of nitro groups is 1. The third kappa shape index (κ3) is 3.92. The number of hydrogen-bond donors (Lipinski definition) is 2. The van der Waals surface area contributed by atoms with E-state index in [0.29, 0.717) is 13.2 Å². The first-order valence-electron chi connectivity index (χ1n) is 6.17. The van der Waals surface area contributed by atoms with Crippen LogP contribution in [0.4, 0.5) is 11.4 Å². The van der Waals surface area contributed by atoms with Crippen molar-refractivity contribution in [2.75, 3.05) is 18.5 Å². The Morgan fingerprint density at radius 3 is 2.65 bits per heavy atom. The number of carboxylic acids is 1. The SMILES string of the molecule is CCOC(C)(C)CNc1cccc(C(=O)O)c1[N+](=O)[O-]. The van der Waals surface area contributed by atoms with E-state index in [1.54, 1.807) is 0 Å². The molecule has 0 aliphatic carbocycles. The van der Waals surface area contributed by atoms with Crippen molar-refractivity contribution in [3.05, 3.63) is 33.9 Å². The normalized spacial score (nSPS) is 11.2. The molecule has 0 fully saturated rings. The van der Waals surface area contributed by atoms with Crippen LogP contribution in [-0.2, 0) is 4.74 Å². The second-order valence-electron chi connectivity index (χ2n) is 4.81. The summed E-state index contributed by atoms with van der Waals surface area (Å²) in [5, 5.41) is 22.9. The highest BCUT2D eigenvalue weighted by Gasteiger charge is 2.25. The van der Waals surface area contributed by atoms with E-state index in [2.05, 4.69) is 5.32 Å². The molecule has 1 aromatic carbocycles. The maximum atomic E-state index is 11.1. The summed E-state index contributed by atoms with van der Waals surface area (Å²) in [5.74, 6) is -1.33. The van der Waals surface area contributed by atoms with Crippen molar-refractivity contribution in [1.82, 2.24) is 0 Å². The highest BCUT2D eigenvalue weighted by Crippen LogP contribution is 2.29. The largest absolute Gasteiger partial charge is 0.477 e. The van der Waals surface area contributed by atoms with Crippen molar-refractivity contribution in [3.8, 4) is 0 Å². The van der Waals surface area contributed by atoms with Crippen molar-refractivity contribution in [2.24, 2.45) is 0 Å². The molecule has 0 aliphatic rings. The van der Waals surface area contributed by atoms with Gasteiger partial charge in [-0.25, -0.2) is 4.79 Å². The molecule has 0 radical (unpaired) electrons. The third-order valence-electron chi connectivity index (χ3n) is 2.69. The lowest BCUT2D eigenvalue weighted by atomic mass is 10.1. The van der Waals surface area contributed by atoms with Gasteiger partial charge in [0.1, 0.15) is 11.3 Å². The van der Waals surface area contributed by atoms with Gasteiger partial charge in [0, 0.05) is 13.2 Å². The molecule has 0 spiro atoms. The molecule has 0 atom stereocenters. The van der Waals surface area contributed by atoms with Crippen molar-refractivity contribution in [2.45, 2.75) is 26.4 Å². The Labute approximate surface area is 116 Å². The number of benzene rings is 1. The number of rotatable bonds is 7. The number of carboxylic acid groups (broad SMARTS) is 1. The fraction of sp³-hybridized carbons (Fsp3) is 0.462. The lowest BCUT2D eigenvalue weighted by Crippen LogP contribution is -2.33. The van der Waals surface area contributed by atoms with Gasteiger partial charge in [-0.2, -0.15) is 0 Å². The van der Waals surface area contributed by atoms with E-state index in [1.165, 1.54) is 18.2 Å².